The summed E-state index contributed by atoms with van der Waals surface area (Å²) in [6, 6.07) is 0. The highest BCUT2D eigenvalue weighted by Gasteiger charge is 2.27. The molecule has 146 valence electrons. The second kappa shape index (κ2) is 10.3. The van der Waals surface area contributed by atoms with Crippen LogP contribution < -0.4 is 5.32 Å². The van der Waals surface area contributed by atoms with E-state index in [1.165, 1.54) is 17.7 Å². The molecule has 0 aromatic carbocycles. The number of hydrogen-bond acceptors (Lipinski definition) is 6. The zero-order chi connectivity index (χ0) is 19.0. The molecule has 1 aliphatic carbocycles. The molecule has 2 aliphatic rings. The molecule has 26 heavy (non-hydrogen) atoms. The fraction of sp³-hybridized carbons (Fsp3) is 0.684. The van der Waals surface area contributed by atoms with Crippen molar-refractivity contribution in [2.45, 2.75) is 64.4 Å². The molecule has 1 saturated heterocycles. The van der Waals surface area contributed by atoms with Gasteiger partial charge in [-0.15, -0.1) is 0 Å². The first-order valence-electron chi connectivity index (χ1n) is 9.18. The largest absolute Gasteiger partial charge is 0.425 e. The van der Waals surface area contributed by atoms with Crippen LogP contribution in [0.2, 0.25) is 0 Å². The lowest BCUT2D eigenvalue weighted by Gasteiger charge is -2.25. The number of esters is 1. The Morgan fingerprint density at radius 3 is 2.85 bits per heavy atom. The Labute approximate surface area is 164 Å². The third-order valence-corrected chi connectivity index (χ3v) is 7.77. The number of ether oxygens (including phenoxy) is 2. The summed E-state index contributed by atoms with van der Waals surface area (Å²) in [7, 11) is 3.90. The molecule has 1 N–H and O–H groups in total. The number of rotatable bonds is 9. The van der Waals surface area contributed by atoms with Crippen molar-refractivity contribution in [1.82, 2.24) is 5.32 Å². The Hall–Kier alpha value is -1.08. The quantitative estimate of drug-likeness (QED) is 0.259. The van der Waals surface area contributed by atoms with Crippen molar-refractivity contribution in [1.29, 1.82) is 0 Å². The Morgan fingerprint density at radius 1 is 1.38 bits per heavy atom. The van der Waals surface area contributed by atoms with Gasteiger partial charge < -0.3 is 14.8 Å². The van der Waals surface area contributed by atoms with Gasteiger partial charge in [0.1, 0.15) is 0 Å². The number of hydrogen-bond donors (Lipinski definition) is 1. The molecule has 1 fully saturated rings. The van der Waals surface area contributed by atoms with E-state index < -0.39 is 12.4 Å². The average molecular weight is 400 g/mol. The number of nitrogens with one attached hydrogen (secondary N) is 1. The topological polar surface area (TPSA) is 64.6 Å². The molecule has 3 unspecified atom stereocenters. The van der Waals surface area contributed by atoms with Crippen LogP contribution in [0.1, 0.15) is 52.9 Å². The van der Waals surface area contributed by atoms with Crippen molar-refractivity contribution in [3.05, 3.63) is 23.8 Å². The molecule has 0 radical (unpaired) electrons. The van der Waals surface area contributed by atoms with Gasteiger partial charge in [-0.2, -0.15) is 0 Å². The fourth-order valence-corrected chi connectivity index (χ4v) is 5.87. The molecule has 0 bridgehead atoms. The maximum Gasteiger partial charge on any atom is 0.410 e. The summed E-state index contributed by atoms with van der Waals surface area (Å²) in [5.74, 6) is 0.919. The SMILES string of the molecule is CC1=CC=CC1(C)CNC(=O)OC(C)OC(=O)CCCCC1CCSS1. The minimum absolute atomic E-state index is 0.185. The first-order valence-corrected chi connectivity index (χ1v) is 11.6. The summed E-state index contributed by atoms with van der Waals surface area (Å²) in [6.45, 7) is 6.09. The predicted octanol–water partition coefficient (Wildman–Crippen LogP) is 4.84. The van der Waals surface area contributed by atoms with Crippen LogP contribution in [-0.2, 0) is 14.3 Å². The number of carbonyl (C=O) groups is 2. The van der Waals surface area contributed by atoms with Gasteiger partial charge in [-0.25, -0.2) is 4.79 Å². The lowest BCUT2D eigenvalue weighted by molar-refractivity contribution is -0.165. The van der Waals surface area contributed by atoms with Gasteiger partial charge in [-0.3, -0.25) is 4.79 Å². The van der Waals surface area contributed by atoms with Gasteiger partial charge in [-0.05, 0) is 26.2 Å². The highest BCUT2D eigenvalue weighted by atomic mass is 33.1. The van der Waals surface area contributed by atoms with E-state index >= 15 is 0 Å². The van der Waals surface area contributed by atoms with E-state index in [9.17, 15) is 9.59 Å². The second-order valence-corrected chi connectivity index (χ2v) is 9.80. The minimum Gasteiger partial charge on any atom is -0.425 e. The van der Waals surface area contributed by atoms with E-state index in [4.69, 9.17) is 9.47 Å². The van der Waals surface area contributed by atoms with Crippen molar-refractivity contribution in [2.75, 3.05) is 12.3 Å². The molecule has 7 heteroatoms. The van der Waals surface area contributed by atoms with Crippen LogP contribution in [0.4, 0.5) is 4.79 Å². The van der Waals surface area contributed by atoms with E-state index in [-0.39, 0.29) is 11.4 Å². The number of carbonyl (C=O) groups excluding carboxylic acids is 2. The van der Waals surface area contributed by atoms with Gasteiger partial charge in [-0.1, -0.05) is 58.7 Å². The van der Waals surface area contributed by atoms with Crippen LogP contribution in [0.5, 0.6) is 0 Å². The van der Waals surface area contributed by atoms with E-state index in [1.807, 2.05) is 40.7 Å². The van der Waals surface area contributed by atoms with Crippen molar-refractivity contribution in [3.8, 4) is 0 Å². The smallest absolute Gasteiger partial charge is 0.410 e. The third-order valence-electron chi connectivity index (χ3n) is 4.77. The summed E-state index contributed by atoms with van der Waals surface area (Å²) in [6.07, 6.45) is 9.24. The lowest BCUT2D eigenvalue weighted by Crippen LogP contribution is -2.37. The molecular weight excluding hydrogens is 370 g/mol. The molecular formula is C19H29NO4S2. The molecule has 0 aromatic rings. The maximum absolute atomic E-state index is 11.9. The van der Waals surface area contributed by atoms with Crippen LogP contribution in [0.15, 0.2) is 23.8 Å². The second-order valence-electron chi connectivity index (χ2n) is 7.02. The molecule has 1 aliphatic heterocycles. The Balaban J connectivity index is 1.56. The average Bonchev–Trinajstić information content (AvgIpc) is 3.21. The first-order chi connectivity index (χ1) is 12.4. The van der Waals surface area contributed by atoms with Crippen molar-refractivity contribution >= 4 is 33.7 Å². The van der Waals surface area contributed by atoms with E-state index in [0.717, 1.165) is 24.5 Å². The van der Waals surface area contributed by atoms with E-state index in [0.29, 0.717) is 13.0 Å². The standard InChI is InChI=1S/C19H29NO4S2/c1-14-7-6-11-19(14,3)13-20-18(22)24-15(2)23-17(21)9-5-4-8-16-10-12-25-26-16/h6-7,11,15-16H,4-5,8-10,12-13H2,1-3H3,(H,20,22). The molecule has 2 rings (SSSR count). The van der Waals surface area contributed by atoms with Gasteiger partial charge in [0.05, 0.1) is 0 Å². The molecule has 0 saturated carbocycles. The van der Waals surface area contributed by atoms with Crippen LogP contribution in [0.25, 0.3) is 0 Å². The normalized spacial score (nSPS) is 25.7. The molecule has 5 nitrogen and oxygen atoms in total. The Morgan fingerprint density at radius 2 is 2.19 bits per heavy atom. The molecule has 1 amide bonds. The van der Waals surface area contributed by atoms with Crippen LogP contribution in [-0.4, -0.2) is 35.9 Å². The van der Waals surface area contributed by atoms with Gasteiger partial charge in [0.25, 0.3) is 0 Å². The molecule has 0 aromatic heterocycles. The minimum atomic E-state index is -0.882. The molecule has 3 atom stereocenters. The van der Waals surface area contributed by atoms with Gasteiger partial charge in [0.15, 0.2) is 0 Å². The monoisotopic (exact) mass is 399 g/mol. The predicted molar refractivity (Wildman–Crippen MR) is 108 cm³/mol. The summed E-state index contributed by atoms with van der Waals surface area (Å²) in [5, 5.41) is 3.47. The van der Waals surface area contributed by atoms with Gasteiger partial charge in [0, 0.05) is 36.3 Å². The summed E-state index contributed by atoms with van der Waals surface area (Å²) in [5.41, 5.74) is 1.00. The number of amides is 1. The number of alkyl carbamates (subject to hydrolysis) is 1. The van der Waals surface area contributed by atoms with Crippen molar-refractivity contribution in [3.63, 3.8) is 0 Å². The van der Waals surface area contributed by atoms with Crippen molar-refractivity contribution in [2.24, 2.45) is 5.41 Å². The fourth-order valence-electron chi connectivity index (χ4n) is 2.85. The summed E-state index contributed by atoms with van der Waals surface area (Å²) >= 11 is 0. The summed E-state index contributed by atoms with van der Waals surface area (Å²) in [4.78, 5) is 23.7. The molecule has 1 heterocycles. The Kier molecular flexibility index (Phi) is 8.41. The summed E-state index contributed by atoms with van der Waals surface area (Å²) < 4.78 is 10.3. The van der Waals surface area contributed by atoms with E-state index in [1.54, 1.807) is 6.92 Å². The van der Waals surface area contributed by atoms with Gasteiger partial charge >= 0.3 is 12.1 Å². The maximum atomic E-state index is 11.9. The van der Waals surface area contributed by atoms with Crippen LogP contribution >= 0.6 is 21.6 Å². The highest BCUT2D eigenvalue weighted by Crippen LogP contribution is 2.39. The van der Waals surface area contributed by atoms with Crippen molar-refractivity contribution < 1.29 is 19.1 Å². The lowest BCUT2D eigenvalue weighted by atomic mass is 9.86. The zero-order valence-corrected chi connectivity index (χ0v) is 17.4. The van der Waals surface area contributed by atoms with Gasteiger partial charge in [0.2, 0.25) is 6.29 Å². The zero-order valence-electron chi connectivity index (χ0n) is 15.8. The number of allylic oxidation sites excluding steroid dienone is 2. The van der Waals surface area contributed by atoms with Crippen LogP contribution in [0, 0.1) is 5.41 Å². The first kappa shape index (κ1) is 21.2. The Bertz CT molecular complexity index is 558. The third kappa shape index (κ3) is 6.91. The van der Waals surface area contributed by atoms with Crippen LogP contribution in [0.3, 0.4) is 0 Å². The molecule has 0 spiro atoms. The highest BCUT2D eigenvalue weighted by molar-refractivity contribution is 8.77. The number of unbranched alkanes of at least 4 members (excludes halogenated alkanes) is 1. The van der Waals surface area contributed by atoms with E-state index in [2.05, 4.69) is 18.3 Å².